The minimum Gasteiger partial charge on any atom is -0.480 e. The van der Waals surface area contributed by atoms with Crippen LogP contribution in [0.4, 0.5) is 10.5 Å². The number of anilines is 1. The highest BCUT2D eigenvalue weighted by Gasteiger charge is 2.43. The fraction of sp³-hybridized carbons (Fsp3) is 0.286. The first-order chi connectivity index (χ1) is 16.6. The summed E-state index contributed by atoms with van der Waals surface area (Å²) in [7, 11) is 0. The Hall–Kier alpha value is -3.64. The summed E-state index contributed by atoms with van der Waals surface area (Å²) in [6, 6.07) is 27.8. The number of carboxylic acid groups (broad SMARTS) is 1. The third kappa shape index (κ3) is 4.41. The van der Waals surface area contributed by atoms with E-state index in [-0.39, 0.29) is 24.7 Å². The van der Waals surface area contributed by atoms with Crippen molar-refractivity contribution in [2.45, 2.75) is 31.5 Å². The quantitative estimate of drug-likeness (QED) is 0.582. The number of urea groups is 1. The van der Waals surface area contributed by atoms with E-state index in [2.05, 4.69) is 41.3 Å². The number of hydrogen-bond donors (Lipinski definition) is 1. The van der Waals surface area contributed by atoms with Crippen LogP contribution in [0, 0.1) is 0 Å². The molecule has 6 nitrogen and oxygen atoms in total. The molecular formula is C28H29N3O3. The molecule has 3 aromatic carbocycles. The summed E-state index contributed by atoms with van der Waals surface area (Å²) in [5.41, 5.74) is 3.99. The molecule has 0 bridgehead atoms. The van der Waals surface area contributed by atoms with Crippen LogP contribution in [-0.2, 0) is 11.3 Å². The fourth-order valence-electron chi connectivity index (χ4n) is 5.30. The van der Waals surface area contributed by atoms with E-state index in [4.69, 9.17) is 0 Å². The van der Waals surface area contributed by atoms with E-state index in [9.17, 15) is 14.7 Å². The number of benzene rings is 3. The molecule has 2 aliphatic rings. The van der Waals surface area contributed by atoms with Gasteiger partial charge in [-0.25, -0.2) is 4.79 Å². The Kier molecular flexibility index (Phi) is 6.32. The zero-order valence-corrected chi connectivity index (χ0v) is 19.1. The lowest BCUT2D eigenvalue weighted by atomic mass is 9.90. The summed E-state index contributed by atoms with van der Waals surface area (Å²) in [5, 5.41) is 9.54. The molecule has 34 heavy (non-hydrogen) atoms. The number of para-hydroxylation sites is 1. The van der Waals surface area contributed by atoms with Crippen LogP contribution in [-0.4, -0.2) is 52.6 Å². The number of rotatable bonds is 6. The van der Waals surface area contributed by atoms with E-state index in [1.807, 2.05) is 53.4 Å². The highest BCUT2D eigenvalue weighted by atomic mass is 16.4. The van der Waals surface area contributed by atoms with Crippen molar-refractivity contribution in [2.75, 3.05) is 24.5 Å². The van der Waals surface area contributed by atoms with Crippen molar-refractivity contribution in [1.82, 2.24) is 9.80 Å². The van der Waals surface area contributed by atoms with Gasteiger partial charge in [-0.2, -0.15) is 0 Å². The van der Waals surface area contributed by atoms with Crippen LogP contribution in [0.3, 0.4) is 0 Å². The van der Waals surface area contributed by atoms with Crippen LogP contribution in [0.1, 0.15) is 35.6 Å². The lowest BCUT2D eigenvalue weighted by Crippen LogP contribution is -2.57. The molecule has 2 amide bonds. The molecule has 1 saturated heterocycles. The molecule has 5 rings (SSSR count). The number of amides is 2. The summed E-state index contributed by atoms with van der Waals surface area (Å²) >= 11 is 0. The molecule has 1 fully saturated rings. The van der Waals surface area contributed by atoms with Crippen LogP contribution in [0.5, 0.6) is 0 Å². The Bertz CT molecular complexity index is 1140. The molecule has 0 radical (unpaired) electrons. The van der Waals surface area contributed by atoms with E-state index in [0.29, 0.717) is 5.69 Å². The molecule has 0 spiro atoms. The predicted molar refractivity (Wildman–Crippen MR) is 132 cm³/mol. The number of piperidine rings is 1. The van der Waals surface area contributed by atoms with Gasteiger partial charge in [0, 0.05) is 31.2 Å². The van der Waals surface area contributed by atoms with Gasteiger partial charge in [-0.1, -0.05) is 78.9 Å². The maximum atomic E-state index is 13.9. The van der Waals surface area contributed by atoms with Gasteiger partial charge in [0.15, 0.2) is 0 Å². The molecule has 0 aliphatic carbocycles. The second-order valence-electron chi connectivity index (χ2n) is 9.03. The molecule has 0 aromatic heterocycles. The largest absolute Gasteiger partial charge is 0.480 e. The van der Waals surface area contributed by atoms with Gasteiger partial charge in [0.05, 0.1) is 11.7 Å². The Morgan fingerprint density at radius 3 is 2.15 bits per heavy atom. The zero-order chi connectivity index (χ0) is 23.5. The minimum atomic E-state index is -1.01. The maximum Gasteiger partial charge on any atom is 0.326 e. The molecule has 1 atom stereocenters. The van der Waals surface area contributed by atoms with E-state index in [1.165, 1.54) is 10.5 Å². The Balaban J connectivity index is 1.45. The van der Waals surface area contributed by atoms with E-state index in [1.54, 1.807) is 0 Å². The van der Waals surface area contributed by atoms with Gasteiger partial charge in [-0.15, -0.1) is 0 Å². The van der Waals surface area contributed by atoms with Crippen LogP contribution in [0.15, 0.2) is 84.9 Å². The number of nitrogens with zero attached hydrogens (tertiary/aromatic N) is 3. The standard InChI is InChI=1S/C28H29N3O3/c32-26(33)20-30-25-14-8-7-13-24(25)27(22-11-5-2-6-12-22)31(28(30)34)23-15-17-29(18-16-23)19-21-9-3-1-4-10-21/h1-14,23,27H,15-20H2,(H,32,33). The van der Waals surface area contributed by atoms with Crippen molar-refractivity contribution in [3.05, 3.63) is 102 Å². The summed E-state index contributed by atoms with van der Waals surface area (Å²) in [5.74, 6) is -1.01. The normalized spacial score (nSPS) is 19.2. The molecule has 6 heteroatoms. The second kappa shape index (κ2) is 9.69. The van der Waals surface area contributed by atoms with Gasteiger partial charge in [0.1, 0.15) is 6.54 Å². The van der Waals surface area contributed by atoms with E-state index in [0.717, 1.165) is 43.6 Å². The van der Waals surface area contributed by atoms with Crippen molar-refractivity contribution in [3.8, 4) is 0 Å². The summed E-state index contributed by atoms with van der Waals surface area (Å²) in [4.78, 5) is 31.3. The van der Waals surface area contributed by atoms with Crippen molar-refractivity contribution in [1.29, 1.82) is 0 Å². The molecule has 2 aliphatic heterocycles. The van der Waals surface area contributed by atoms with Gasteiger partial charge < -0.3 is 10.0 Å². The predicted octanol–water partition coefficient (Wildman–Crippen LogP) is 4.77. The first-order valence-electron chi connectivity index (χ1n) is 11.8. The lowest BCUT2D eigenvalue weighted by Gasteiger charge is -2.48. The molecule has 174 valence electrons. The summed E-state index contributed by atoms with van der Waals surface area (Å²) in [6.45, 7) is 2.34. The maximum absolute atomic E-state index is 13.9. The van der Waals surface area contributed by atoms with Gasteiger partial charge in [-0.05, 0) is 30.0 Å². The third-order valence-corrected chi connectivity index (χ3v) is 6.86. The average molecular weight is 456 g/mol. The number of carboxylic acids is 1. The topological polar surface area (TPSA) is 64.1 Å². The Morgan fingerprint density at radius 2 is 1.47 bits per heavy atom. The average Bonchev–Trinajstić information content (AvgIpc) is 2.87. The number of aliphatic carboxylic acids is 1. The van der Waals surface area contributed by atoms with Crippen molar-refractivity contribution >= 4 is 17.7 Å². The number of hydrogen-bond acceptors (Lipinski definition) is 3. The van der Waals surface area contributed by atoms with Crippen LogP contribution in [0.25, 0.3) is 0 Å². The summed E-state index contributed by atoms with van der Waals surface area (Å²) in [6.07, 6.45) is 1.70. The first kappa shape index (κ1) is 22.2. The smallest absolute Gasteiger partial charge is 0.326 e. The summed E-state index contributed by atoms with van der Waals surface area (Å²) < 4.78 is 0. The molecule has 1 N–H and O–H groups in total. The monoisotopic (exact) mass is 455 g/mol. The number of likely N-dealkylation sites (tertiary alicyclic amines) is 1. The molecule has 1 unspecified atom stereocenters. The first-order valence-corrected chi connectivity index (χ1v) is 11.8. The van der Waals surface area contributed by atoms with Crippen molar-refractivity contribution < 1.29 is 14.7 Å². The number of carbonyl (C=O) groups is 2. The molecule has 0 saturated carbocycles. The van der Waals surface area contributed by atoms with Gasteiger partial charge >= 0.3 is 12.0 Å². The fourth-order valence-corrected chi connectivity index (χ4v) is 5.30. The van der Waals surface area contributed by atoms with Gasteiger partial charge in [-0.3, -0.25) is 14.6 Å². The second-order valence-corrected chi connectivity index (χ2v) is 9.03. The van der Waals surface area contributed by atoms with E-state index < -0.39 is 5.97 Å². The molecule has 2 heterocycles. The lowest BCUT2D eigenvalue weighted by molar-refractivity contribution is -0.135. The highest BCUT2D eigenvalue weighted by Crippen LogP contribution is 2.43. The number of carbonyl (C=O) groups excluding carboxylic acids is 1. The molecular weight excluding hydrogens is 426 g/mol. The Labute approximate surface area is 200 Å². The molecule has 3 aromatic rings. The highest BCUT2D eigenvalue weighted by molar-refractivity contribution is 5.99. The zero-order valence-electron chi connectivity index (χ0n) is 19.1. The third-order valence-electron chi connectivity index (χ3n) is 6.86. The Morgan fingerprint density at radius 1 is 0.853 bits per heavy atom. The van der Waals surface area contributed by atoms with Gasteiger partial charge in [0.2, 0.25) is 0 Å². The minimum absolute atomic E-state index is 0.0365. The number of fused-ring (bicyclic) bond motifs is 1. The van der Waals surface area contributed by atoms with E-state index >= 15 is 0 Å². The van der Waals surface area contributed by atoms with Crippen molar-refractivity contribution in [2.24, 2.45) is 0 Å². The van der Waals surface area contributed by atoms with Gasteiger partial charge in [0.25, 0.3) is 0 Å². The van der Waals surface area contributed by atoms with Crippen LogP contribution in [0.2, 0.25) is 0 Å². The van der Waals surface area contributed by atoms with Crippen LogP contribution >= 0.6 is 0 Å². The van der Waals surface area contributed by atoms with Crippen molar-refractivity contribution in [3.63, 3.8) is 0 Å². The SMILES string of the molecule is O=C(O)CN1C(=O)N(C2CCN(Cc3ccccc3)CC2)C(c2ccccc2)c2ccccc21. The van der Waals surface area contributed by atoms with Crippen LogP contribution < -0.4 is 4.90 Å².